The van der Waals surface area contributed by atoms with Gasteiger partial charge in [-0.2, -0.15) is 0 Å². The molecule has 0 heterocycles. The first kappa shape index (κ1) is 29.2. The first-order valence-electron chi connectivity index (χ1n) is 15.1. The Kier molecular flexibility index (Phi) is 8.25. The average Bonchev–Trinajstić information content (AvgIpc) is 3.05. The standard InChI is InChI=1S/C38H36F2N2O2/c1-2-25-3-5-26(6-4-25)27-19-21-38(22-20-27,28-7-17-36(34(39)23-28)43-32-13-9-30(41)10-14-32)29-8-18-37(35(40)24-29)44-33-15-11-31(42)12-16-33/h3-18,23-24,27H,2,19-22,41-42H2,1H3. The molecule has 4 nitrogen and oxygen atoms in total. The Balaban J connectivity index is 1.32. The van der Waals surface area contributed by atoms with Gasteiger partial charge in [0.2, 0.25) is 0 Å². The molecule has 0 amide bonds. The fraction of sp³-hybridized carbons (Fsp3) is 0.211. The third-order valence-corrected chi connectivity index (χ3v) is 8.88. The summed E-state index contributed by atoms with van der Waals surface area (Å²) in [7, 11) is 0. The monoisotopic (exact) mass is 590 g/mol. The van der Waals surface area contributed by atoms with Crippen LogP contribution in [0.4, 0.5) is 20.2 Å². The van der Waals surface area contributed by atoms with Crippen molar-refractivity contribution in [3.8, 4) is 23.0 Å². The Labute approximate surface area is 257 Å². The van der Waals surface area contributed by atoms with Crippen molar-refractivity contribution in [2.24, 2.45) is 0 Å². The minimum absolute atomic E-state index is 0.122. The van der Waals surface area contributed by atoms with E-state index in [-0.39, 0.29) is 11.5 Å². The highest BCUT2D eigenvalue weighted by atomic mass is 19.1. The third kappa shape index (κ3) is 6.11. The number of halogens is 2. The summed E-state index contributed by atoms with van der Waals surface area (Å²) < 4.78 is 42.9. The van der Waals surface area contributed by atoms with Gasteiger partial charge in [-0.1, -0.05) is 43.3 Å². The van der Waals surface area contributed by atoms with Gasteiger partial charge in [0, 0.05) is 16.8 Å². The first-order valence-corrected chi connectivity index (χ1v) is 15.1. The molecule has 1 saturated carbocycles. The van der Waals surface area contributed by atoms with Crippen molar-refractivity contribution >= 4 is 11.4 Å². The highest BCUT2D eigenvalue weighted by Crippen LogP contribution is 2.50. The van der Waals surface area contributed by atoms with Crippen LogP contribution in [0.3, 0.4) is 0 Å². The van der Waals surface area contributed by atoms with Crippen LogP contribution >= 0.6 is 0 Å². The second kappa shape index (κ2) is 12.4. The molecule has 224 valence electrons. The van der Waals surface area contributed by atoms with Crippen LogP contribution in [-0.4, -0.2) is 0 Å². The van der Waals surface area contributed by atoms with Crippen LogP contribution in [0.15, 0.2) is 109 Å². The molecule has 44 heavy (non-hydrogen) atoms. The van der Waals surface area contributed by atoms with E-state index >= 15 is 8.78 Å². The second-order valence-electron chi connectivity index (χ2n) is 11.6. The number of aryl methyl sites for hydroxylation is 1. The zero-order valence-corrected chi connectivity index (χ0v) is 24.7. The van der Waals surface area contributed by atoms with Gasteiger partial charge in [0.05, 0.1) is 0 Å². The Morgan fingerprint density at radius 1 is 0.636 bits per heavy atom. The number of hydrogen-bond donors (Lipinski definition) is 2. The van der Waals surface area contributed by atoms with Gasteiger partial charge in [-0.3, -0.25) is 0 Å². The smallest absolute Gasteiger partial charge is 0.166 e. The molecule has 0 aromatic heterocycles. The Morgan fingerprint density at radius 2 is 1.09 bits per heavy atom. The average molecular weight is 591 g/mol. The molecule has 0 radical (unpaired) electrons. The van der Waals surface area contributed by atoms with E-state index in [0.717, 1.165) is 43.2 Å². The van der Waals surface area contributed by atoms with E-state index in [1.54, 1.807) is 72.8 Å². The van der Waals surface area contributed by atoms with Crippen molar-refractivity contribution in [3.63, 3.8) is 0 Å². The molecule has 0 saturated heterocycles. The van der Waals surface area contributed by atoms with E-state index in [1.165, 1.54) is 11.1 Å². The first-order chi connectivity index (χ1) is 21.3. The van der Waals surface area contributed by atoms with Crippen LogP contribution < -0.4 is 20.9 Å². The lowest BCUT2D eigenvalue weighted by Crippen LogP contribution is -2.33. The van der Waals surface area contributed by atoms with Gasteiger partial charge < -0.3 is 20.9 Å². The maximum absolute atomic E-state index is 15.6. The van der Waals surface area contributed by atoms with Crippen molar-refractivity contribution in [2.75, 3.05) is 11.5 Å². The lowest BCUT2D eigenvalue weighted by molar-refractivity contribution is 0.312. The molecular formula is C38H36F2N2O2. The Hall–Kier alpha value is -4.84. The molecule has 1 fully saturated rings. The number of hydrogen-bond acceptors (Lipinski definition) is 4. The SMILES string of the molecule is CCc1ccc(C2CCC(c3ccc(Oc4ccc(N)cc4)c(F)c3)(c3ccc(Oc4ccc(N)cc4)c(F)c3)CC2)cc1. The van der Waals surface area contributed by atoms with Gasteiger partial charge in [0.25, 0.3) is 0 Å². The molecule has 1 aliphatic rings. The molecule has 5 aromatic rings. The fourth-order valence-electron chi connectivity index (χ4n) is 6.30. The van der Waals surface area contributed by atoms with Crippen LogP contribution in [-0.2, 0) is 11.8 Å². The van der Waals surface area contributed by atoms with Crippen LogP contribution in [0.2, 0.25) is 0 Å². The minimum atomic E-state index is -0.582. The number of benzene rings is 5. The number of ether oxygens (including phenoxy) is 2. The number of rotatable bonds is 8. The summed E-state index contributed by atoms with van der Waals surface area (Å²) in [6.07, 6.45) is 4.26. The number of anilines is 2. The summed E-state index contributed by atoms with van der Waals surface area (Å²) >= 11 is 0. The quantitative estimate of drug-likeness (QED) is 0.177. The van der Waals surface area contributed by atoms with Crippen LogP contribution in [0.1, 0.15) is 60.8 Å². The molecule has 0 aliphatic heterocycles. The maximum Gasteiger partial charge on any atom is 0.166 e. The maximum atomic E-state index is 15.6. The van der Waals surface area contributed by atoms with Gasteiger partial charge in [0.1, 0.15) is 11.5 Å². The Bertz CT molecular complexity index is 1630. The molecule has 0 unspecified atom stereocenters. The summed E-state index contributed by atoms with van der Waals surface area (Å²) in [4.78, 5) is 0. The van der Waals surface area contributed by atoms with Gasteiger partial charge in [-0.15, -0.1) is 0 Å². The predicted molar refractivity (Wildman–Crippen MR) is 172 cm³/mol. The second-order valence-corrected chi connectivity index (χ2v) is 11.6. The van der Waals surface area contributed by atoms with E-state index in [9.17, 15) is 0 Å². The highest BCUT2D eigenvalue weighted by Gasteiger charge is 2.40. The Morgan fingerprint density at radius 3 is 1.50 bits per heavy atom. The van der Waals surface area contributed by atoms with Gasteiger partial charge >= 0.3 is 0 Å². The predicted octanol–water partition coefficient (Wildman–Crippen LogP) is 9.92. The molecular weight excluding hydrogens is 554 g/mol. The van der Waals surface area contributed by atoms with Gasteiger partial charge in [-0.25, -0.2) is 8.78 Å². The van der Waals surface area contributed by atoms with Crippen molar-refractivity contribution < 1.29 is 18.3 Å². The molecule has 6 rings (SSSR count). The van der Waals surface area contributed by atoms with E-state index < -0.39 is 17.0 Å². The largest absolute Gasteiger partial charge is 0.454 e. The van der Waals surface area contributed by atoms with E-state index in [1.807, 2.05) is 12.1 Å². The highest BCUT2D eigenvalue weighted by molar-refractivity contribution is 5.48. The van der Waals surface area contributed by atoms with Crippen LogP contribution in [0, 0.1) is 11.6 Å². The third-order valence-electron chi connectivity index (χ3n) is 8.88. The molecule has 0 atom stereocenters. The topological polar surface area (TPSA) is 70.5 Å². The summed E-state index contributed by atoms with van der Waals surface area (Å²) in [6.45, 7) is 2.15. The molecule has 6 heteroatoms. The van der Waals surface area contributed by atoms with Crippen molar-refractivity contribution in [1.29, 1.82) is 0 Å². The number of nitrogen functional groups attached to an aromatic ring is 2. The normalized spacial score (nSPS) is 14.7. The molecule has 1 aliphatic carbocycles. The lowest BCUT2D eigenvalue weighted by Gasteiger charge is -2.42. The molecule has 0 bridgehead atoms. The van der Waals surface area contributed by atoms with Crippen LogP contribution in [0.25, 0.3) is 0 Å². The van der Waals surface area contributed by atoms with Crippen molar-refractivity contribution in [3.05, 3.63) is 143 Å². The van der Waals surface area contributed by atoms with E-state index in [0.29, 0.717) is 28.8 Å². The minimum Gasteiger partial charge on any atom is -0.454 e. The molecule has 4 N–H and O–H groups in total. The fourth-order valence-corrected chi connectivity index (χ4v) is 6.30. The summed E-state index contributed by atoms with van der Waals surface area (Å²) in [6, 6.07) is 32.7. The molecule has 0 spiro atoms. The van der Waals surface area contributed by atoms with E-state index in [4.69, 9.17) is 20.9 Å². The lowest BCUT2D eigenvalue weighted by atomic mass is 9.62. The van der Waals surface area contributed by atoms with Gasteiger partial charge in [0.15, 0.2) is 23.1 Å². The van der Waals surface area contributed by atoms with Gasteiger partial charge in [-0.05, 0) is 133 Å². The molecule has 5 aromatic carbocycles. The number of nitrogens with two attached hydrogens (primary N) is 2. The summed E-state index contributed by atoms with van der Waals surface area (Å²) in [5, 5.41) is 0. The van der Waals surface area contributed by atoms with Crippen molar-refractivity contribution in [1.82, 2.24) is 0 Å². The summed E-state index contributed by atoms with van der Waals surface area (Å²) in [5.74, 6) is 0.668. The van der Waals surface area contributed by atoms with E-state index in [2.05, 4.69) is 31.2 Å². The zero-order valence-electron chi connectivity index (χ0n) is 24.7. The van der Waals surface area contributed by atoms with Crippen molar-refractivity contribution in [2.45, 2.75) is 50.4 Å². The van der Waals surface area contributed by atoms with Crippen LogP contribution in [0.5, 0.6) is 23.0 Å². The summed E-state index contributed by atoms with van der Waals surface area (Å²) in [5.41, 5.74) is 16.4. The zero-order chi connectivity index (χ0) is 30.7.